The summed E-state index contributed by atoms with van der Waals surface area (Å²) in [6, 6.07) is 1.44. The summed E-state index contributed by atoms with van der Waals surface area (Å²) in [5.41, 5.74) is 0. The van der Waals surface area contributed by atoms with E-state index in [0.29, 0.717) is 18.2 Å². The minimum Gasteiger partial charge on any atom is -0.373 e. The maximum Gasteiger partial charge on any atom is 0.0678 e. The van der Waals surface area contributed by atoms with Gasteiger partial charge in [0.1, 0.15) is 0 Å². The number of rotatable bonds is 1. The number of nitrogens with zero attached hydrogens (tertiary/aromatic N) is 1. The number of nitrogens with one attached hydrogen (secondary N) is 1. The van der Waals surface area contributed by atoms with Crippen molar-refractivity contribution in [3.8, 4) is 0 Å². The second-order valence-corrected chi connectivity index (χ2v) is 5.25. The van der Waals surface area contributed by atoms with Crippen LogP contribution in [0.15, 0.2) is 0 Å². The van der Waals surface area contributed by atoms with E-state index in [-0.39, 0.29) is 0 Å². The SMILES string of the molecule is CC1CCC(N2CC(C)OC(C)C2)CN1. The van der Waals surface area contributed by atoms with Crippen LogP contribution in [0.3, 0.4) is 0 Å². The van der Waals surface area contributed by atoms with Gasteiger partial charge in [0, 0.05) is 31.7 Å². The third kappa shape index (κ3) is 2.92. The number of piperidine rings is 1. The number of hydrogen-bond donors (Lipinski definition) is 1. The van der Waals surface area contributed by atoms with Crippen molar-refractivity contribution >= 4 is 0 Å². The first kappa shape index (κ1) is 11.4. The molecule has 4 atom stereocenters. The Balaban J connectivity index is 1.87. The standard InChI is InChI=1S/C12H24N2O/c1-9-4-5-12(6-13-9)14-7-10(2)15-11(3)8-14/h9-13H,4-8H2,1-3H3. The Bertz CT molecular complexity index is 192. The van der Waals surface area contributed by atoms with Crippen molar-refractivity contribution in [2.24, 2.45) is 0 Å². The van der Waals surface area contributed by atoms with Crippen LogP contribution in [0, 0.1) is 0 Å². The fourth-order valence-corrected chi connectivity index (χ4v) is 2.81. The molecule has 0 radical (unpaired) electrons. The quantitative estimate of drug-likeness (QED) is 0.707. The predicted molar refractivity (Wildman–Crippen MR) is 62.1 cm³/mol. The molecule has 88 valence electrons. The third-order valence-corrected chi connectivity index (χ3v) is 3.60. The van der Waals surface area contributed by atoms with Crippen molar-refractivity contribution in [1.82, 2.24) is 10.2 Å². The minimum atomic E-state index is 0.396. The second-order valence-electron chi connectivity index (χ2n) is 5.25. The topological polar surface area (TPSA) is 24.5 Å². The molecule has 0 bridgehead atoms. The van der Waals surface area contributed by atoms with Crippen LogP contribution in [0.1, 0.15) is 33.6 Å². The van der Waals surface area contributed by atoms with Gasteiger partial charge in [0.25, 0.3) is 0 Å². The molecule has 0 amide bonds. The average molecular weight is 212 g/mol. The van der Waals surface area contributed by atoms with Gasteiger partial charge in [0.15, 0.2) is 0 Å². The van der Waals surface area contributed by atoms with Gasteiger partial charge in [-0.15, -0.1) is 0 Å². The Hall–Kier alpha value is -0.120. The van der Waals surface area contributed by atoms with Gasteiger partial charge in [-0.1, -0.05) is 0 Å². The second kappa shape index (κ2) is 4.81. The fraction of sp³-hybridized carbons (Fsp3) is 1.00. The summed E-state index contributed by atoms with van der Waals surface area (Å²) in [6.45, 7) is 10.0. The zero-order valence-corrected chi connectivity index (χ0v) is 10.2. The van der Waals surface area contributed by atoms with Crippen LogP contribution in [0.2, 0.25) is 0 Å². The summed E-state index contributed by atoms with van der Waals surface area (Å²) >= 11 is 0. The first-order chi connectivity index (χ1) is 7.15. The number of hydrogen-bond acceptors (Lipinski definition) is 3. The van der Waals surface area contributed by atoms with Crippen molar-refractivity contribution < 1.29 is 4.74 Å². The van der Waals surface area contributed by atoms with Gasteiger partial charge in [-0.05, 0) is 33.6 Å². The summed E-state index contributed by atoms with van der Waals surface area (Å²) in [5, 5.41) is 3.58. The molecule has 1 N–H and O–H groups in total. The highest BCUT2D eigenvalue weighted by atomic mass is 16.5. The first-order valence-corrected chi connectivity index (χ1v) is 6.28. The van der Waals surface area contributed by atoms with Crippen LogP contribution in [-0.4, -0.2) is 48.8 Å². The van der Waals surface area contributed by atoms with Gasteiger partial charge in [0.2, 0.25) is 0 Å². The first-order valence-electron chi connectivity index (χ1n) is 6.28. The Labute approximate surface area is 93.2 Å². The average Bonchev–Trinajstić information content (AvgIpc) is 2.17. The highest BCUT2D eigenvalue weighted by Gasteiger charge is 2.29. The van der Waals surface area contributed by atoms with E-state index in [4.69, 9.17) is 4.74 Å². The molecule has 3 nitrogen and oxygen atoms in total. The normalized spacial score (nSPS) is 44.2. The van der Waals surface area contributed by atoms with E-state index in [1.165, 1.54) is 12.8 Å². The minimum absolute atomic E-state index is 0.396. The van der Waals surface area contributed by atoms with E-state index >= 15 is 0 Å². The number of morpholine rings is 1. The molecule has 2 aliphatic rings. The van der Waals surface area contributed by atoms with Crippen LogP contribution in [0.4, 0.5) is 0 Å². The summed E-state index contributed by atoms with van der Waals surface area (Å²) in [4.78, 5) is 2.61. The molecule has 2 fully saturated rings. The van der Waals surface area contributed by atoms with Crippen LogP contribution >= 0.6 is 0 Å². The van der Waals surface area contributed by atoms with Crippen LogP contribution in [0.25, 0.3) is 0 Å². The highest BCUT2D eigenvalue weighted by Crippen LogP contribution is 2.19. The van der Waals surface area contributed by atoms with Crippen LogP contribution < -0.4 is 5.32 Å². The van der Waals surface area contributed by atoms with Gasteiger partial charge in [-0.2, -0.15) is 0 Å². The zero-order valence-electron chi connectivity index (χ0n) is 10.2. The molecule has 2 aliphatic heterocycles. The summed E-state index contributed by atoms with van der Waals surface area (Å²) in [6.07, 6.45) is 3.44. The van der Waals surface area contributed by atoms with Gasteiger partial charge in [-0.3, -0.25) is 4.90 Å². The maximum absolute atomic E-state index is 5.77. The Kier molecular flexibility index (Phi) is 3.65. The van der Waals surface area contributed by atoms with E-state index in [1.807, 2.05) is 0 Å². The lowest BCUT2D eigenvalue weighted by molar-refractivity contribution is -0.0831. The monoisotopic (exact) mass is 212 g/mol. The lowest BCUT2D eigenvalue weighted by Gasteiger charge is -2.42. The number of ether oxygens (including phenoxy) is 1. The summed E-state index contributed by atoms with van der Waals surface area (Å²) in [7, 11) is 0. The molecule has 0 spiro atoms. The molecule has 15 heavy (non-hydrogen) atoms. The van der Waals surface area contributed by atoms with Crippen molar-refractivity contribution in [2.75, 3.05) is 19.6 Å². The largest absolute Gasteiger partial charge is 0.373 e. The maximum atomic E-state index is 5.77. The fourth-order valence-electron chi connectivity index (χ4n) is 2.81. The smallest absolute Gasteiger partial charge is 0.0678 e. The van der Waals surface area contributed by atoms with Crippen molar-refractivity contribution in [3.05, 3.63) is 0 Å². The molecular weight excluding hydrogens is 188 g/mol. The highest BCUT2D eigenvalue weighted by molar-refractivity contribution is 4.85. The third-order valence-electron chi connectivity index (χ3n) is 3.60. The van der Waals surface area contributed by atoms with E-state index in [2.05, 4.69) is 31.0 Å². The van der Waals surface area contributed by atoms with Gasteiger partial charge in [0.05, 0.1) is 12.2 Å². The molecule has 0 saturated carbocycles. The van der Waals surface area contributed by atoms with Crippen LogP contribution in [-0.2, 0) is 4.74 Å². The van der Waals surface area contributed by atoms with Crippen molar-refractivity contribution in [3.63, 3.8) is 0 Å². The Morgan fingerprint density at radius 1 is 1.07 bits per heavy atom. The summed E-state index contributed by atoms with van der Waals surface area (Å²) < 4.78 is 5.77. The molecule has 2 rings (SSSR count). The van der Waals surface area contributed by atoms with E-state index in [9.17, 15) is 0 Å². The molecule has 0 aromatic rings. The van der Waals surface area contributed by atoms with E-state index in [0.717, 1.165) is 25.7 Å². The van der Waals surface area contributed by atoms with Gasteiger partial charge < -0.3 is 10.1 Å². The Morgan fingerprint density at radius 3 is 2.27 bits per heavy atom. The Morgan fingerprint density at radius 2 is 1.73 bits per heavy atom. The lowest BCUT2D eigenvalue weighted by Crippen LogP contribution is -2.55. The molecular formula is C12H24N2O. The van der Waals surface area contributed by atoms with Gasteiger partial charge in [-0.25, -0.2) is 0 Å². The molecule has 0 aliphatic carbocycles. The van der Waals surface area contributed by atoms with Crippen molar-refractivity contribution in [2.45, 2.75) is 57.9 Å². The molecule has 2 heterocycles. The molecule has 0 aromatic carbocycles. The molecule has 0 aromatic heterocycles. The molecule has 2 saturated heterocycles. The van der Waals surface area contributed by atoms with E-state index < -0.39 is 0 Å². The predicted octanol–water partition coefficient (Wildman–Crippen LogP) is 1.24. The molecule has 4 unspecified atom stereocenters. The van der Waals surface area contributed by atoms with Crippen molar-refractivity contribution in [1.29, 1.82) is 0 Å². The van der Waals surface area contributed by atoms with Gasteiger partial charge >= 0.3 is 0 Å². The zero-order chi connectivity index (χ0) is 10.8. The van der Waals surface area contributed by atoms with E-state index in [1.54, 1.807) is 0 Å². The lowest BCUT2D eigenvalue weighted by atomic mass is 9.99. The van der Waals surface area contributed by atoms with Crippen LogP contribution in [0.5, 0.6) is 0 Å². The summed E-state index contributed by atoms with van der Waals surface area (Å²) in [5.74, 6) is 0. The molecule has 3 heteroatoms.